The highest BCUT2D eigenvalue weighted by molar-refractivity contribution is 7.89. The Morgan fingerprint density at radius 3 is 2.45 bits per heavy atom. The molecule has 0 fully saturated rings. The molecule has 0 bridgehead atoms. The lowest BCUT2D eigenvalue weighted by Gasteiger charge is -2.25. The van der Waals surface area contributed by atoms with Crippen LogP contribution in [-0.4, -0.2) is 41.9 Å². The summed E-state index contributed by atoms with van der Waals surface area (Å²) in [5.74, 6) is 0. The van der Waals surface area contributed by atoms with E-state index in [-0.39, 0.29) is 12.2 Å². The third kappa shape index (κ3) is 3.44. The largest absolute Gasteiger partial charge is 0.393 e. The van der Waals surface area contributed by atoms with Crippen LogP contribution in [0.15, 0.2) is 23.1 Å². The van der Waals surface area contributed by atoms with Crippen LogP contribution in [0, 0.1) is 10.1 Å². The zero-order valence-corrected chi connectivity index (χ0v) is 12.2. The predicted molar refractivity (Wildman–Crippen MR) is 73.6 cm³/mol. The number of nitro benzene ring substituents is 1. The van der Waals surface area contributed by atoms with E-state index in [1.54, 1.807) is 0 Å². The minimum Gasteiger partial charge on any atom is -0.393 e. The van der Waals surface area contributed by atoms with Crippen LogP contribution in [0.3, 0.4) is 0 Å². The molecule has 0 amide bonds. The van der Waals surface area contributed by atoms with Crippen molar-refractivity contribution in [1.82, 2.24) is 4.31 Å². The van der Waals surface area contributed by atoms with E-state index in [4.69, 9.17) is 5.73 Å². The molecular weight excluding hydrogens is 286 g/mol. The highest BCUT2D eigenvalue weighted by Gasteiger charge is 2.33. The van der Waals surface area contributed by atoms with E-state index in [0.717, 1.165) is 10.4 Å². The molecule has 0 atom stereocenters. The number of rotatable bonds is 5. The number of nitrogen functional groups attached to an aromatic ring is 1. The first kappa shape index (κ1) is 16.3. The van der Waals surface area contributed by atoms with E-state index in [1.807, 2.05) is 0 Å². The SMILES string of the molecule is CN(CC(C)(C)O)S(=O)(=O)c1cccc(N)c1[N+](=O)[O-]. The Morgan fingerprint density at radius 1 is 1.45 bits per heavy atom. The molecule has 3 N–H and O–H groups in total. The standard InChI is InChI=1S/C11H17N3O5S/c1-11(2,15)7-13(3)20(18,19)9-6-4-5-8(12)10(9)14(16)17/h4-6,15H,7,12H2,1-3H3. The summed E-state index contributed by atoms with van der Waals surface area (Å²) in [7, 11) is -2.88. The van der Waals surface area contributed by atoms with E-state index in [1.165, 1.54) is 33.0 Å². The molecule has 20 heavy (non-hydrogen) atoms. The second-order valence-corrected chi connectivity index (χ2v) is 7.04. The van der Waals surface area contributed by atoms with Gasteiger partial charge in [-0.1, -0.05) is 6.07 Å². The van der Waals surface area contributed by atoms with Crippen LogP contribution in [0.2, 0.25) is 0 Å². The van der Waals surface area contributed by atoms with Gasteiger partial charge in [-0.15, -0.1) is 0 Å². The Bertz CT molecular complexity index is 621. The molecule has 1 aromatic rings. The van der Waals surface area contributed by atoms with Gasteiger partial charge in [-0.25, -0.2) is 8.42 Å². The van der Waals surface area contributed by atoms with Crippen molar-refractivity contribution >= 4 is 21.4 Å². The molecule has 0 aliphatic rings. The number of para-hydroxylation sites is 1. The summed E-state index contributed by atoms with van der Waals surface area (Å²) < 4.78 is 25.5. The Kier molecular flexibility index (Phi) is 4.37. The van der Waals surface area contributed by atoms with Crippen LogP contribution in [-0.2, 0) is 10.0 Å². The number of nitrogens with two attached hydrogens (primary N) is 1. The third-order valence-electron chi connectivity index (χ3n) is 2.51. The zero-order valence-electron chi connectivity index (χ0n) is 11.4. The molecule has 0 aliphatic heterocycles. The lowest BCUT2D eigenvalue weighted by atomic mass is 10.1. The molecule has 112 valence electrons. The first-order valence-corrected chi connectivity index (χ1v) is 7.12. The van der Waals surface area contributed by atoms with Gasteiger partial charge in [0.25, 0.3) is 0 Å². The highest BCUT2D eigenvalue weighted by Crippen LogP contribution is 2.31. The lowest BCUT2D eigenvalue weighted by Crippen LogP contribution is -2.39. The van der Waals surface area contributed by atoms with Crippen molar-refractivity contribution in [2.24, 2.45) is 0 Å². The number of sulfonamides is 1. The maximum absolute atomic E-state index is 12.3. The summed E-state index contributed by atoms with van der Waals surface area (Å²) in [6.45, 7) is 2.67. The number of benzene rings is 1. The summed E-state index contributed by atoms with van der Waals surface area (Å²) in [5.41, 5.74) is 3.32. The smallest absolute Gasteiger partial charge is 0.312 e. The molecule has 9 heteroatoms. The first-order valence-electron chi connectivity index (χ1n) is 5.68. The fraction of sp³-hybridized carbons (Fsp3) is 0.455. The van der Waals surface area contributed by atoms with Gasteiger partial charge in [0.15, 0.2) is 4.90 Å². The Balaban J connectivity index is 3.37. The van der Waals surface area contributed by atoms with Crippen LogP contribution >= 0.6 is 0 Å². The zero-order chi connectivity index (χ0) is 15.7. The van der Waals surface area contributed by atoms with Crippen LogP contribution < -0.4 is 5.73 Å². The highest BCUT2D eigenvalue weighted by atomic mass is 32.2. The van der Waals surface area contributed by atoms with E-state index in [2.05, 4.69) is 0 Å². The number of hydrogen-bond acceptors (Lipinski definition) is 6. The Hall–Kier alpha value is -1.71. The average Bonchev–Trinajstić information content (AvgIpc) is 2.25. The van der Waals surface area contributed by atoms with E-state index in [0.29, 0.717) is 0 Å². The minimum absolute atomic E-state index is 0.207. The molecule has 0 spiro atoms. The van der Waals surface area contributed by atoms with Crippen LogP contribution in [0.4, 0.5) is 11.4 Å². The molecule has 0 saturated carbocycles. The third-order valence-corrected chi connectivity index (χ3v) is 4.35. The number of nitro groups is 1. The second kappa shape index (κ2) is 5.35. The lowest BCUT2D eigenvalue weighted by molar-refractivity contribution is -0.386. The predicted octanol–water partition coefficient (Wildman–Crippen LogP) is 0.568. The molecule has 0 aromatic heterocycles. The fourth-order valence-electron chi connectivity index (χ4n) is 1.74. The van der Waals surface area contributed by atoms with Gasteiger partial charge in [0.05, 0.1) is 10.5 Å². The number of aliphatic hydroxyl groups is 1. The van der Waals surface area contributed by atoms with E-state index in [9.17, 15) is 23.6 Å². The molecule has 0 heterocycles. The average molecular weight is 303 g/mol. The van der Waals surface area contributed by atoms with Gasteiger partial charge in [-0.3, -0.25) is 10.1 Å². The first-order chi connectivity index (χ1) is 8.97. The molecule has 1 aromatic carbocycles. The van der Waals surface area contributed by atoms with Crippen molar-refractivity contribution in [2.45, 2.75) is 24.3 Å². The van der Waals surface area contributed by atoms with Crippen LogP contribution in [0.25, 0.3) is 0 Å². The summed E-state index contributed by atoms with van der Waals surface area (Å²) in [4.78, 5) is 9.67. The maximum Gasteiger partial charge on any atom is 0.312 e. The normalized spacial score (nSPS) is 12.7. The van der Waals surface area contributed by atoms with Crippen molar-refractivity contribution in [1.29, 1.82) is 0 Å². The number of nitrogens with zero attached hydrogens (tertiary/aromatic N) is 2. The van der Waals surface area contributed by atoms with Gasteiger partial charge in [0, 0.05) is 13.6 Å². The van der Waals surface area contributed by atoms with Gasteiger partial charge < -0.3 is 10.8 Å². The molecule has 0 radical (unpaired) electrons. The van der Waals surface area contributed by atoms with Crippen LogP contribution in [0.5, 0.6) is 0 Å². The summed E-state index contributed by atoms with van der Waals surface area (Å²) in [6, 6.07) is 3.70. The Morgan fingerprint density at radius 2 is 2.00 bits per heavy atom. The molecule has 1 rings (SSSR count). The number of hydrogen-bond donors (Lipinski definition) is 2. The molecule has 0 unspecified atom stereocenters. The molecule has 0 aliphatic carbocycles. The summed E-state index contributed by atoms with van der Waals surface area (Å²) in [6.07, 6.45) is 0. The van der Waals surface area contributed by atoms with Crippen molar-refractivity contribution in [3.63, 3.8) is 0 Å². The second-order valence-electron chi connectivity index (χ2n) is 5.02. The maximum atomic E-state index is 12.3. The van der Waals surface area contributed by atoms with Gasteiger partial charge in [0.2, 0.25) is 10.0 Å². The van der Waals surface area contributed by atoms with Crippen molar-refractivity contribution in [3.05, 3.63) is 28.3 Å². The van der Waals surface area contributed by atoms with Gasteiger partial charge in [0.1, 0.15) is 5.69 Å². The van der Waals surface area contributed by atoms with Gasteiger partial charge >= 0.3 is 5.69 Å². The van der Waals surface area contributed by atoms with E-state index >= 15 is 0 Å². The summed E-state index contributed by atoms with van der Waals surface area (Å²) in [5, 5.41) is 20.7. The Labute approximate surface area is 117 Å². The van der Waals surface area contributed by atoms with Gasteiger partial charge in [-0.2, -0.15) is 4.31 Å². The van der Waals surface area contributed by atoms with Gasteiger partial charge in [-0.05, 0) is 26.0 Å². The van der Waals surface area contributed by atoms with Crippen molar-refractivity contribution < 1.29 is 18.4 Å². The van der Waals surface area contributed by atoms with Crippen LogP contribution in [0.1, 0.15) is 13.8 Å². The molecule has 8 nitrogen and oxygen atoms in total. The quantitative estimate of drug-likeness (QED) is 0.465. The molecular formula is C11H17N3O5S. The topological polar surface area (TPSA) is 127 Å². The van der Waals surface area contributed by atoms with Crippen molar-refractivity contribution in [2.75, 3.05) is 19.3 Å². The molecule has 0 saturated heterocycles. The number of anilines is 1. The monoisotopic (exact) mass is 303 g/mol. The van der Waals surface area contributed by atoms with E-state index < -0.39 is 31.1 Å². The summed E-state index contributed by atoms with van der Waals surface area (Å²) >= 11 is 0. The fourth-order valence-corrected chi connectivity index (χ4v) is 3.25. The minimum atomic E-state index is -4.12. The number of likely N-dealkylation sites (N-methyl/N-ethyl adjacent to an activating group) is 1. The van der Waals surface area contributed by atoms with Crippen molar-refractivity contribution in [3.8, 4) is 0 Å².